The molecule has 0 spiro atoms. The molecule has 5 rings (SSSR count). The zero-order chi connectivity index (χ0) is 25.1. The van der Waals surface area contributed by atoms with E-state index in [1.54, 1.807) is 46.0 Å². The summed E-state index contributed by atoms with van der Waals surface area (Å²) >= 11 is 18.9. The SMILES string of the molecule is O=C(NCc1ccccc1)c1nn(-c2ccc(Cl)cc2Cl)c(-c2ccc(Cl)cc2)c1Cn1cncn1. The monoisotopic (exact) mass is 536 g/mol. The predicted molar refractivity (Wildman–Crippen MR) is 141 cm³/mol. The molecule has 0 unspecified atom stereocenters. The summed E-state index contributed by atoms with van der Waals surface area (Å²) in [4.78, 5) is 17.5. The van der Waals surface area contributed by atoms with Gasteiger partial charge in [0.2, 0.25) is 0 Å². The lowest BCUT2D eigenvalue weighted by atomic mass is 10.0. The minimum atomic E-state index is -0.326. The van der Waals surface area contributed by atoms with Crippen molar-refractivity contribution in [1.82, 2.24) is 29.9 Å². The number of amides is 1. The molecule has 0 aliphatic carbocycles. The van der Waals surface area contributed by atoms with Crippen LogP contribution in [-0.4, -0.2) is 30.5 Å². The Hall–Kier alpha value is -3.65. The Labute approximate surface area is 222 Å². The molecule has 2 aromatic heterocycles. The summed E-state index contributed by atoms with van der Waals surface area (Å²) in [5.41, 5.74) is 3.93. The summed E-state index contributed by atoms with van der Waals surface area (Å²) in [5.74, 6) is -0.326. The van der Waals surface area contributed by atoms with Crippen molar-refractivity contribution < 1.29 is 4.79 Å². The molecule has 36 heavy (non-hydrogen) atoms. The highest BCUT2D eigenvalue weighted by molar-refractivity contribution is 6.35. The number of nitrogens with one attached hydrogen (secondary N) is 1. The maximum atomic E-state index is 13.5. The summed E-state index contributed by atoms with van der Waals surface area (Å²) in [7, 11) is 0. The second kappa shape index (κ2) is 10.5. The maximum absolute atomic E-state index is 13.5. The maximum Gasteiger partial charge on any atom is 0.272 e. The molecule has 0 saturated carbocycles. The summed E-state index contributed by atoms with van der Waals surface area (Å²) in [6.45, 7) is 0.616. The molecule has 180 valence electrons. The number of halogens is 3. The van der Waals surface area contributed by atoms with Crippen LogP contribution in [0.5, 0.6) is 0 Å². The van der Waals surface area contributed by atoms with Gasteiger partial charge in [0.25, 0.3) is 5.91 Å². The number of hydrogen-bond acceptors (Lipinski definition) is 4. The average Bonchev–Trinajstić information content (AvgIpc) is 3.52. The molecule has 0 atom stereocenters. The standard InChI is InChI=1S/C26H19Cl3N6O/c27-19-8-6-18(7-9-19)25-21(14-34-16-30-15-32-34)24(26(36)31-13-17-4-2-1-3-5-17)33-35(25)23-11-10-20(28)12-22(23)29/h1-12,15-16H,13-14H2,(H,31,36). The van der Waals surface area contributed by atoms with E-state index in [0.29, 0.717) is 38.6 Å². The van der Waals surface area contributed by atoms with Crippen molar-refractivity contribution in [3.05, 3.63) is 117 Å². The van der Waals surface area contributed by atoms with Gasteiger partial charge in [0, 0.05) is 27.7 Å². The topological polar surface area (TPSA) is 77.6 Å². The van der Waals surface area contributed by atoms with Crippen LogP contribution in [0.25, 0.3) is 16.9 Å². The second-order valence-electron chi connectivity index (χ2n) is 7.95. The largest absolute Gasteiger partial charge is 0.347 e. The van der Waals surface area contributed by atoms with E-state index in [1.807, 2.05) is 42.5 Å². The number of hydrogen-bond donors (Lipinski definition) is 1. The summed E-state index contributed by atoms with van der Waals surface area (Å²) in [5, 5.41) is 13.4. The van der Waals surface area contributed by atoms with Crippen molar-refractivity contribution in [2.45, 2.75) is 13.1 Å². The van der Waals surface area contributed by atoms with Gasteiger partial charge in [-0.2, -0.15) is 10.2 Å². The normalized spacial score (nSPS) is 11.0. The lowest BCUT2D eigenvalue weighted by molar-refractivity contribution is 0.0944. The smallest absolute Gasteiger partial charge is 0.272 e. The fourth-order valence-corrected chi connectivity index (χ4v) is 4.47. The van der Waals surface area contributed by atoms with Crippen molar-refractivity contribution in [2.75, 3.05) is 0 Å². The van der Waals surface area contributed by atoms with Gasteiger partial charge >= 0.3 is 0 Å². The highest BCUT2D eigenvalue weighted by Crippen LogP contribution is 2.34. The first-order valence-electron chi connectivity index (χ1n) is 11.0. The first-order chi connectivity index (χ1) is 17.5. The molecular weight excluding hydrogens is 519 g/mol. The van der Waals surface area contributed by atoms with Gasteiger partial charge in [0.15, 0.2) is 5.69 Å². The third kappa shape index (κ3) is 5.14. The molecule has 2 heterocycles. The Kier molecular flexibility index (Phi) is 7.04. The van der Waals surface area contributed by atoms with Crippen molar-refractivity contribution in [3.8, 4) is 16.9 Å². The first-order valence-corrected chi connectivity index (χ1v) is 12.1. The van der Waals surface area contributed by atoms with Crippen LogP contribution in [-0.2, 0) is 13.1 Å². The Bertz CT molecular complexity index is 1500. The van der Waals surface area contributed by atoms with E-state index in [4.69, 9.17) is 39.9 Å². The molecule has 0 saturated heterocycles. The third-order valence-electron chi connectivity index (χ3n) is 5.54. The van der Waals surface area contributed by atoms with E-state index in [9.17, 15) is 4.79 Å². The van der Waals surface area contributed by atoms with Crippen molar-refractivity contribution >= 4 is 40.7 Å². The van der Waals surface area contributed by atoms with E-state index in [0.717, 1.165) is 11.1 Å². The van der Waals surface area contributed by atoms with Gasteiger partial charge in [-0.05, 0) is 35.9 Å². The van der Waals surface area contributed by atoms with E-state index in [-0.39, 0.29) is 18.1 Å². The molecule has 0 fully saturated rings. The molecule has 7 nitrogen and oxygen atoms in total. The van der Waals surface area contributed by atoms with Crippen molar-refractivity contribution in [2.24, 2.45) is 0 Å². The molecule has 10 heteroatoms. The number of carbonyl (C=O) groups is 1. The number of rotatable bonds is 7. The third-order valence-corrected chi connectivity index (χ3v) is 6.33. The molecule has 3 aromatic carbocycles. The Morgan fingerprint density at radius 2 is 1.67 bits per heavy atom. The molecule has 1 amide bonds. The predicted octanol–water partition coefficient (Wildman–Crippen LogP) is 6.07. The quantitative estimate of drug-likeness (QED) is 0.273. The van der Waals surface area contributed by atoms with E-state index < -0.39 is 0 Å². The fraction of sp³-hybridized carbons (Fsp3) is 0.0769. The van der Waals surface area contributed by atoms with E-state index in [2.05, 4.69) is 15.4 Å². The Morgan fingerprint density at radius 1 is 0.917 bits per heavy atom. The van der Waals surface area contributed by atoms with Gasteiger partial charge in [-0.25, -0.2) is 14.3 Å². The van der Waals surface area contributed by atoms with Crippen LogP contribution in [0.15, 0.2) is 85.5 Å². The van der Waals surface area contributed by atoms with Gasteiger partial charge in [-0.15, -0.1) is 0 Å². The van der Waals surface area contributed by atoms with Crippen molar-refractivity contribution in [3.63, 3.8) is 0 Å². The highest BCUT2D eigenvalue weighted by Gasteiger charge is 2.26. The molecule has 1 N–H and O–H groups in total. The molecular formula is C26H19Cl3N6O. The van der Waals surface area contributed by atoms with Crippen LogP contribution in [0.3, 0.4) is 0 Å². The van der Waals surface area contributed by atoms with Crippen LogP contribution < -0.4 is 5.32 Å². The number of aromatic nitrogens is 5. The van der Waals surface area contributed by atoms with Crippen molar-refractivity contribution in [1.29, 1.82) is 0 Å². The fourth-order valence-electron chi connectivity index (χ4n) is 3.85. The second-order valence-corrected chi connectivity index (χ2v) is 9.23. The lowest BCUT2D eigenvalue weighted by Gasteiger charge is -2.12. The Morgan fingerprint density at radius 3 is 2.36 bits per heavy atom. The molecule has 5 aromatic rings. The summed E-state index contributed by atoms with van der Waals surface area (Å²) in [6, 6.07) is 22.1. The first kappa shape index (κ1) is 24.1. The minimum Gasteiger partial charge on any atom is -0.347 e. The number of carbonyl (C=O) groups excluding carboxylic acids is 1. The Balaban J connectivity index is 1.67. The van der Waals surface area contributed by atoms with Gasteiger partial charge in [0.05, 0.1) is 22.9 Å². The molecule has 0 radical (unpaired) electrons. The lowest BCUT2D eigenvalue weighted by Crippen LogP contribution is -2.25. The minimum absolute atomic E-state index is 0.248. The summed E-state index contributed by atoms with van der Waals surface area (Å²) < 4.78 is 3.30. The van der Waals surface area contributed by atoms with Gasteiger partial charge in [0.1, 0.15) is 12.7 Å². The average molecular weight is 538 g/mol. The molecule has 0 bridgehead atoms. The molecule has 0 aliphatic rings. The van der Waals surface area contributed by atoms with E-state index >= 15 is 0 Å². The zero-order valence-electron chi connectivity index (χ0n) is 18.8. The molecule has 0 aliphatic heterocycles. The van der Waals surface area contributed by atoms with Crippen LogP contribution >= 0.6 is 34.8 Å². The van der Waals surface area contributed by atoms with Crippen LogP contribution in [0.4, 0.5) is 0 Å². The highest BCUT2D eigenvalue weighted by atomic mass is 35.5. The number of nitrogens with zero attached hydrogens (tertiary/aromatic N) is 5. The van der Waals surface area contributed by atoms with Gasteiger partial charge in [-0.3, -0.25) is 4.79 Å². The van der Waals surface area contributed by atoms with Gasteiger partial charge < -0.3 is 5.32 Å². The van der Waals surface area contributed by atoms with E-state index in [1.165, 1.54) is 6.33 Å². The summed E-state index contributed by atoms with van der Waals surface area (Å²) in [6.07, 6.45) is 3.03. The van der Waals surface area contributed by atoms with Crippen LogP contribution in [0.2, 0.25) is 15.1 Å². The van der Waals surface area contributed by atoms with Gasteiger partial charge in [-0.1, -0.05) is 77.3 Å². The zero-order valence-corrected chi connectivity index (χ0v) is 21.0. The van der Waals surface area contributed by atoms with Crippen LogP contribution in [0, 0.1) is 0 Å². The van der Waals surface area contributed by atoms with Crippen LogP contribution in [0.1, 0.15) is 21.6 Å². The number of benzene rings is 3.